The van der Waals surface area contributed by atoms with Crippen LogP contribution >= 0.6 is 0 Å². The van der Waals surface area contributed by atoms with Crippen molar-refractivity contribution < 1.29 is 19.7 Å². The van der Waals surface area contributed by atoms with Gasteiger partial charge in [0.25, 0.3) is 0 Å². The number of hydrogen-bond donors (Lipinski definition) is 2. The first-order valence-corrected chi connectivity index (χ1v) is 9.68. The molecule has 0 aliphatic rings. The lowest BCUT2D eigenvalue weighted by molar-refractivity contribution is 0.111. The third-order valence-corrected chi connectivity index (χ3v) is 2.92. The van der Waals surface area contributed by atoms with E-state index in [0.717, 1.165) is 13.1 Å². The number of ether oxygens (including phenoxy) is 1. The summed E-state index contributed by atoms with van der Waals surface area (Å²) >= 11 is 0. The lowest BCUT2D eigenvalue weighted by atomic mass is 10.3. The second-order valence-electron chi connectivity index (χ2n) is 5.00. The molecule has 5 heteroatoms. The van der Waals surface area contributed by atoms with Crippen LogP contribution in [-0.4, -0.2) is 54.1 Å². The average molecular weight is 408 g/mol. The highest BCUT2D eigenvalue weighted by Gasteiger charge is 2.07. The molecule has 2 N–H and O–H groups in total. The van der Waals surface area contributed by atoms with Crippen LogP contribution in [0.2, 0.25) is 0 Å². The van der Waals surface area contributed by atoms with Crippen LogP contribution in [0.5, 0.6) is 0 Å². The topological polar surface area (TPSA) is 70.0 Å². The Morgan fingerprint density at radius 3 is 1.27 bits per heavy atom. The van der Waals surface area contributed by atoms with Crippen LogP contribution in [0.15, 0.2) is 0 Å². The van der Waals surface area contributed by atoms with E-state index in [9.17, 15) is 4.79 Å². The maximum Gasteiger partial charge on any atom is 0.409 e. The van der Waals surface area contributed by atoms with E-state index in [0.29, 0.717) is 32.3 Å². The Hall–Kier alpha value is -3.45. The summed E-state index contributed by atoms with van der Waals surface area (Å²) < 4.78 is 4.77. The SMILES string of the molecule is CCOC(=O)N(CC)CC.OCC#CC#CCCC#CC#CCCC#CC#CCO. The van der Waals surface area contributed by atoms with Gasteiger partial charge in [0.1, 0.15) is 13.2 Å². The van der Waals surface area contributed by atoms with E-state index in [4.69, 9.17) is 14.9 Å². The Balaban J connectivity index is 0. The smallest absolute Gasteiger partial charge is 0.409 e. The molecule has 0 spiro atoms. The zero-order valence-corrected chi connectivity index (χ0v) is 18.0. The first-order valence-electron chi connectivity index (χ1n) is 9.68. The van der Waals surface area contributed by atoms with Gasteiger partial charge >= 0.3 is 6.09 Å². The molecule has 5 nitrogen and oxygen atoms in total. The number of carbonyl (C=O) groups excluding carboxylic acids is 1. The summed E-state index contributed by atoms with van der Waals surface area (Å²) in [6.07, 6.45) is 2.37. The van der Waals surface area contributed by atoms with Gasteiger partial charge in [0.15, 0.2) is 0 Å². The molecule has 0 bridgehead atoms. The number of hydrogen-bond acceptors (Lipinski definition) is 4. The molecule has 0 aliphatic heterocycles. The van der Waals surface area contributed by atoms with Crippen molar-refractivity contribution >= 4 is 6.09 Å². The molecule has 0 saturated carbocycles. The third-order valence-electron chi connectivity index (χ3n) is 2.92. The quantitative estimate of drug-likeness (QED) is 0.541. The van der Waals surface area contributed by atoms with Crippen molar-refractivity contribution in [3.05, 3.63) is 0 Å². The van der Waals surface area contributed by atoms with Crippen LogP contribution in [0.1, 0.15) is 46.5 Å². The van der Waals surface area contributed by atoms with Crippen molar-refractivity contribution in [2.45, 2.75) is 46.5 Å². The minimum Gasteiger partial charge on any atom is -0.450 e. The molecule has 0 rings (SSSR count). The summed E-state index contributed by atoms with van der Waals surface area (Å²) in [5, 5.41) is 16.8. The lowest BCUT2D eigenvalue weighted by Gasteiger charge is -2.16. The van der Waals surface area contributed by atoms with E-state index in [-0.39, 0.29) is 19.3 Å². The van der Waals surface area contributed by atoms with Crippen LogP contribution in [0.25, 0.3) is 0 Å². The molecule has 1 amide bonds. The molecule has 0 unspecified atom stereocenters. The van der Waals surface area contributed by atoms with Crippen LogP contribution in [0.4, 0.5) is 4.79 Å². The van der Waals surface area contributed by atoms with Crippen molar-refractivity contribution in [1.82, 2.24) is 4.90 Å². The highest BCUT2D eigenvalue weighted by molar-refractivity contribution is 5.67. The molecule has 0 saturated heterocycles. The van der Waals surface area contributed by atoms with Crippen LogP contribution in [-0.2, 0) is 4.74 Å². The predicted octanol–water partition coefficient (Wildman–Crippen LogP) is 2.04. The molecule has 0 aromatic carbocycles. The van der Waals surface area contributed by atoms with E-state index in [1.54, 1.807) is 11.8 Å². The highest BCUT2D eigenvalue weighted by Crippen LogP contribution is 1.91. The number of carbonyl (C=O) groups is 1. The van der Waals surface area contributed by atoms with E-state index < -0.39 is 0 Å². The average Bonchev–Trinajstić information content (AvgIpc) is 2.75. The number of aliphatic hydroxyl groups excluding tert-OH is 2. The van der Waals surface area contributed by atoms with Crippen LogP contribution < -0.4 is 0 Å². The fraction of sp³-hybridized carbons (Fsp3) is 0.480. The van der Waals surface area contributed by atoms with Crippen LogP contribution in [0, 0.1) is 71.0 Å². The molecule has 158 valence electrons. The minimum atomic E-state index is -0.215. The molecular formula is C25H29NO4. The molecule has 0 atom stereocenters. The molecule has 30 heavy (non-hydrogen) atoms. The molecular weight excluding hydrogens is 378 g/mol. The van der Waals surface area contributed by atoms with E-state index in [1.807, 2.05) is 13.8 Å². The number of aliphatic hydroxyl groups is 2. The van der Waals surface area contributed by atoms with Gasteiger partial charge in [-0.15, -0.1) is 0 Å². The molecule has 0 radical (unpaired) electrons. The fourth-order valence-electron chi connectivity index (χ4n) is 1.54. The van der Waals surface area contributed by atoms with Gasteiger partial charge in [-0.2, -0.15) is 0 Å². The maximum absolute atomic E-state index is 10.9. The van der Waals surface area contributed by atoms with Gasteiger partial charge in [-0.05, 0) is 56.3 Å². The summed E-state index contributed by atoms with van der Waals surface area (Å²) in [5.41, 5.74) is 0. The monoisotopic (exact) mass is 407 g/mol. The number of unbranched alkanes of at least 4 members (excludes halogenated alkanes) is 2. The van der Waals surface area contributed by atoms with Crippen molar-refractivity contribution in [2.24, 2.45) is 0 Å². The zero-order valence-electron chi connectivity index (χ0n) is 18.0. The number of rotatable bonds is 5. The largest absolute Gasteiger partial charge is 0.450 e. The van der Waals surface area contributed by atoms with Gasteiger partial charge in [0, 0.05) is 38.8 Å². The minimum absolute atomic E-state index is 0.164. The van der Waals surface area contributed by atoms with Crippen LogP contribution in [0.3, 0.4) is 0 Å². The Labute approximate surface area is 181 Å². The van der Waals surface area contributed by atoms with Gasteiger partial charge in [0.2, 0.25) is 0 Å². The maximum atomic E-state index is 10.9. The molecule has 0 aromatic rings. The molecule has 0 heterocycles. The summed E-state index contributed by atoms with van der Waals surface area (Å²) in [4.78, 5) is 12.6. The van der Waals surface area contributed by atoms with Crippen molar-refractivity contribution in [2.75, 3.05) is 32.9 Å². The van der Waals surface area contributed by atoms with E-state index >= 15 is 0 Å². The highest BCUT2D eigenvalue weighted by atomic mass is 16.6. The number of nitrogens with zero attached hydrogens (tertiary/aromatic N) is 1. The Morgan fingerprint density at radius 1 is 0.667 bits per heavy atom. The van der Waals surface area contributed by atoms with Crippen molar-refractivity contribution in [1.29, 1.82) is 0 Å². The van der Waals surface area contributed by atoms with Gasteiger partial charge in [0.05, 0.1) is 6.61 Å². The third kappa shape index (κ3) is 22.6. The van der Waals surface area contributed by atoms with E-state index in [2.05, 4.69) is 71.0 Å². The normalized spacial score (nSPS) is 7.23. The first-order chi connectivity index (χ1) is 14.7. The van der Waals surface area contributed by atoms with Gasteiger partial charge in [-0.1, -0.05) is 35.5 Å². The Kier molecular flexibility index (Phi) is 24.5. The lowest BCUT2D eigenvalue weighted by Crippen LogP contribution is -2.30. The Morgan fingerprint density at radius 2 is 1.00 bits per heavy atom. The van der Waals surface area contributed by atoms with Gasteiger partial charge in [-0.25, -0.2) is 4.79 Å². The zero-order chi connectivity index (χ0) is 22.7. The van der Waals surface area contributed by atoms with E-state index in [1.165, 1.54) is 0 Å². The molecule has 0 aliphatic carbocycles. The molecule has 0 fully saturated rings. The second kappa shape index (κ2) is 25.5. The Bertz CT molecular complexity index is 773. The molecule has 0 aromatic heterocycles. The standard InChI is InChI=1S/C18H14O2.C7H15NO2/c19-17-15-13-11-9-7-5-3-1-2-4-6-8-10-12-14-16-18-20;1-4-8(5-2)7(9)10-6-3/h19-20H,5-8,17-18H2;4-6H2,1-3H3. The number of amides is 1. The summed E-state index contributed by atoms with van der Waals surface area (Å²) in [6.45, 7) is 7.23. The second-order valence-corrected chi connectivity index (χ2v) is 5.00. The summed E-state index contributed by atoms with van der Waals surface area (Å²) in [7, 11) is 0. The fourth-order valence-corrected chi connectivity index (χ4v) is 1.54. The van der Waals surface area contributed by atoms with Crippen molar-refractivity contribution in [3.63, 3.8) is 0 Å². The van der Waals surface area contributed by atoms with Gasteiger partial charge in [-0.3, -0.25) is 0 Å². The van der Waals surface area contributed by atoms with Gasteiger partial charge < -0.3 is 19.8 Å². The van der Waals surface area contributed by atoms with Crippen molar-refractivity contribution in [3.8, 4) is 71.0 Å². The summed E-state index contributed by atoms with van der Waals surface area (Å²) in [6, 6.07) is 0. The predicted molar refractivity (Wildman–Crippen MR) is 119 cm³/mol. The first kappa shape index (κ1) is 28.8. The summed E-state index contributed by atoms with van der Waals surface area (Å²) in [5.74, 6) is 32.0.